The molecule has 6 aromatic rings. The first-order valence-electron chi connectivity index (χ1n) is 17.9. The fourth-order valence-electron chi connectivity index (χ4n) is 6.78. The van der Waals surface area contributed by atoms with Gasteiger partial charge in [0.25, 0.3) is 0 Å². The van der Waals surface area contributed by atoms with Crippen molar-refractivity contribution in [1.82, 2.24) is 0 Å². The van der Waals surface area contributed by atoms with E-state index in [1.807, 2.05) is 36.4 Å². The molecule has 260 valence electrons. The van der Waals surface area contributed by atoms with Gasteiger partial charge >= 0.3 is 0 Å². The number of anilines is 3. The van der Waals surface area contributed by atoms with Gasteiger partial charge in [0.05, 0.1) is 6.61 Å². The number of para-hydroxylation sites is 1. The van der Waals surface area contributed by atoms with Crippen molar-refractivity contribution in [3.05, 3.63) is 166 Å². The zero-order valence-electron chi connectivity index (χ0n) is 29.1. The smallest absolute Gasteiger partial charge is 0.231 e. The number of fused-ring (bicyclic) bond motifs is 3. The van der Waals surface area contributed by atoms with Crippen LogP contribution in [0.1, 0.15) is 45.4 Å². The van der Waals surface area contributed by atoms with E-state index in [-0.39, 0.29) is 13.6 Å². The topological polar surface area (TPSA) is 49.4 Å². The van der Waals surface area contributed by atoms with E-state index in [0.29, 0.717) is 0 Å². The third-order valence-corrected chi connectivity index (χ3v) is 9.61. The highest BCUT2D eigenvalue weighted by molar-refractivity contribution is 5.81. The molecule has 0 spiro atoms. The van der Waals surface area contributed by atoms with Gasteiger partial charge in [0.2, 0.25) is 13.6 Å². The normalized spacial score (nSPS) is 14.2. The van der Waals surface area contributed by atoms with Gasteiger partial charge in [-0.25, -0.2) is 0 Å². The molecular weight excluding hydrogens is 659 g/mol. The monoisotopic (exact) mass is 695 g/mol. The van der Waals surface area contributed by atoms with Gasteiger partial charge in [-0.05, 0) is 107 Å². The summed E-state index contributed by atoms with van der Waals surface area (Å²) in [6.45, 7) is 1.31. The highest BCUT2D eigenvalue weighted by Gasteiger charge is 2.17. The molecule has 0 aromatic heterocycles. The Morgan fingerprint density at radius 1 is 0.415 bits per heavy atom. The Labute approximate surface area is 309 Å². The average molecular weight is 696 g/mol. The number of aryl methyl sites for hydroxylation is 1. The molecule has 0 atom stereocenters. The largest absolute Gasteiger partial charge is 0.493 e. The van der Waals surface area contributed by atoms with E-state index in [9.17, 15) is 0 Å². The van der Waals surface area contributed by atoms with E-state index in [1.165, 1.54) is 5.56 Å². The standard InChI is InChI=1S/C47H37NO5/c1-3-39(47-44(5-1)51-32-53-47)20-10-35-16-25-42(26-17-35)48(41-23-14-34(15-24-41)7-9-37-18-27-43-46(30-37)52-31-50-43)40-21-12-33(13-22-40)6-8-36-11-19-38-4-2-28-49-45(38)29-36/h1,3,5-27,29-30H,2,4,28,31-32H2/b8-6+,9-7+,20-10+. The lowest BCUT2D eigenvalue weighted by molar-refractivity contribution is 0.173. The van der Waals surface area contributed by atoms with Crippen LogP contribution in [-0.4, -0.2) is 20.2 Å². The summed E-state index contributed by atoms with van der Waals surface area (Å²) in [5.41, 5.74) is 11.0. The van der Waals surface area contributed by atoms with Crippen molar-refractivity contribution in [2.45, 2.75) is 12.8 Å². The zero-order valence-corrected chi connectivity index (χ0v) is 29.1. The van der Waals surface area contributed by atoms with Crippen LogP contribution in [-0.2, 0) is 6.42 Å². The van der Waals surface area contributed by atoms with Crippen LogP contribution in [0.3, 0.4) is 0 Å². The van der Waals surface area contributed by atoms with Crippen LogP contribution < -0.4 is 28.6 Å². The van der Waals surface area contributed by atoms with Gasteiger partial charge in [0.15, 0.2) is 23.0 Å². The molecule has 3 aliphatic heterocycles. The Balaban J connectivity index is 0.977. The predicted octanol–water partition coefficient (Wildman–Crippen LogP) is 11.4. The molecule has 0 amide bonds. The molecule has 0 saturated carbocycles. The van der Waals surface area contributed by atoms with E-state index in [1.54, 1.807) is 0 Å². The summed E-state index contributed by atoms with van der Waals surface area (Å²) in [5, 5.41) is 0. The highest BCUT2D eigenvalue weighted by atomic mass is 16.7. The number of rotatable bonds is 9. The number of ether oxygens (including phenoxy) is 5. The van der Waals surface area contributed by atoms with E-state index in [2.05, 4.69) is 132 Å². The zero-order chi connectivity index (χ0) is 35.4. The molecule has 6 aromatic carbocycles. The fourth-order valence-corrected chi connectivity index (χ4v) is 6.78. The number of hydrogen-bond donors (Lipinski definition) is 0. The van der Waals surface area contributed by atoms with Gasteiger partial charge in [-0.1, -0.05) is 103 Å². The van der Waals surface area contributed by atoms with Crippen molar-refractivity contribution in [2.24, 2.45) is 0 Å². The maximum Gasteiger partial charge on any atom is 0.231 e. The number of nitrogens with zero attached hydrogens (tertiary/aromatic N) is 1. The second kappa shape index (κ2) is 14.5. The first-order valence-corrected chi connectivity index (χ1v) is 17.9. The third-order valence-electron chi connectivity index (χ3n) is 9.61. The average Bonchev–Trinajstić information content (AvgIpc) is 3.90. The van der Waals surface area contributed by atoms with E-state index < -0.39 is 0 Å². The quantitative estimate of drug-likeness (QED) is 0.140. The van der Waals surface area contributed by atoms with Gasteiger partial charge in [0, 0.05) is 22.6 Å². The van der Waals surface area contributed by atoms with Crippen LogP contribution in [0.2, 0.25) is 0 Å². The molecule has 0 unspecified atom stereocenters. The maximum absolute atomic E-state index is 5.89. The lowest BCUT2D eigenvalue weighted by atomic mass is 10.0. The SMILES string of the molecule is C(=C\c1ccc2c(c1)OCCC2)/c1ccc(N(c2ccc(/C=C/c3ccc4c(c3)OCO4)cc2)c2ccc(/C=C/c3cccc4c3OCO4)cc2)cc1. The summed E-state index contributed by atoms with van der Waals surface area (Å²) < 4.78 is 28.1. The molecule has 0 N–H and O–H groups in total. The van der Waals surface area contributed by atoms with Gasteiger partial charge in [-0.15, -0.1) is 0 Å². The Morgan fingerprint density at radius 3 is 1.62 bits per heavy atom. The summed E-state index contributed by atoms with van der Waals surface area (Å²) in [5.74, 6) is 4.14. The molecule has 6 nitrogen and oxygen atoms in total. The molecule has 3 aliphatic rings. The fraction of sp³-hybridized carbons (Fsp3) is 0.106. The maximum atomic E-state index is 5.89. The summed E-state index contributed by atoms with van der Waals surface area (Å²) in [7, 11) is 0. The van der Waals surface area contributed by atoms with Crippen molar-refractivity contribution in [1.29, 1.82) is 0 Å². The highest BCUT2D eigenvalue weighted by Crippen LogP contribution is 2.38. The summed E-state index contributed by atoms with van der Waals surface area (Å²) >= 11 is 0. The van der Waals surface area contributed by atoms with Crippen LogP contribution in [0.4, 0.5) is 17.1 Å². The Morgan fingerprint density at radius 2 is 0.943 bits per heavy atom. The molecule has 3 heterocycles. The van der Waals surface area contributed by atoms with Crippen LogP contribution in [0.25, 0.3) is 36.5 Å². The van der Waals surface area contributed by atoms with E-state index in [4.69, 9.17) is 23.7 Å². The molecule has 0 saturated heterocycles. The van der Waals surface area contributed by atoms with Crippen molar-refractivity contribution < 1.29 is 23.7 Å². The second-order valence-corrected chi connectivity index (χ2v) is 13.1. The predicted molar refractivity (Wildman–Crippen MR) is 213 cm³/mol. The second-order valence-electron chi connectivity index (χ2n) is 13.1. The minimum Gasteiger partial charge on any atom is -0.493 e. The van der Waals surface area contributed by atoms with Crippen LogP contribution in [0.15, 0.2) is 127 Å². The van der Waals surface area contributed by atoms with Crippen molar-refractivity contribution in [3.63, 3.8) is 0 Å². The summed E-state index contributed by atoms with van der Waals surface area (Å²) in [4.78, 5) is 2.28. The molecule has 9 rings (SSSR count). The van der Waals surface area contributed by atoms with Crippen molar-refractivity contribution >= 4 is 53.5 Å². The first-order chi connectivity index (χ1) is 26.2. The number of benzene rings is 6. The first kappa shape index (κ1) is 32.3. The lowest BCUT2D eigenvalue weighted by Crippen LogP contribution is -2.09. The molecule has 0 radical (unpaired) electrons. The van der Waals surface area contributed by atoms with E-state index in [0.717, 1.165) is 98.6 Å². The molecule has 0 bridgehead atoms. The van der Waals surface area contributed by atoms with Crippen LogP contribution in [0, 0.1) is 0 Å². The van der Waals surface area contributed by atoms with Crippen molar-refractivity contribution in [3.8, 4) is 28.7 Å². The Kier molecular flexibility index (Phi) is 8.84. The van der Waals surface area contributed by atoms with E-state index >= 15 is 0 Å². The van der Waals surface area contributed by atoms with Crippen molar-refractivity contribution in [2.75, 3.05) is 25.1 Å². The van der Waals surface area contributed by atoms with Crippen LogP contribution in [0.5, 0.6) is 28.7 Å². The summed E-state index contributed by atoms with van der Waals surface area (Å²) in [6.07, 6.45) is 14.8. The minimum absolute atomic E-state index is 0.253. The summed E-state index contributed by atoms with van der Waals surface area (Å²) in [6, 6.07) is 44.3. The van der Waals surface area contributed by atoms with Gasteiger partial charge in [-0.3, -0.25) is 0 Å². The molecule has 6 heteroatoms. The molecule has 53 heavy (non-hydrogen) atoms. The Hall–Kier alpha value is -6.66. The molecule has 0 aliphatic carbocycles. The van der Waals surface area contributed by atoms with Gasteiger partial charge in [0.1, 0.15) is 5.75 Å². The van der Waals surface area contributed by atoms with Crippen LogP contribution >= 0.6 is 0 Å². The van der Waals surface area contributed by atoms with Gasteiger partial charge in [-0.2, -0.15) is 0 Å². The van der Waals surface area contributed by atoms with Gasteiger partial charge < -0.3 is 28.6 Å². The lowest BCUT2D eigenvalue weighted by Gasteiger charge is -2.26. The molecule has 0 fully saturated rings. The molecular formula is C47H37NO5. The number of hydrogen-bond acceptors (Lipinski definition) is 6. The minimum atomic E-state index is 0.253. The third kappa shape index (κ3) is 7.12. The Bertz CT molecular complexity index is 2340.